The van der Waals surface area contributed by atoms with Gasteiger partial charge in [-0.1, -0.05) is 27.2 Å². The molecule has 0 saturated carbocycles. The minimum absolute atomic E-state index is 0.205. The van der Waals surface area contributed by atoms with Crippen LogP contribution in [0.1, 0.15) is 52.9 Å². The van der Waals surface area contributed by atoms with Gasteiger partial charge in [-0.25, -0.2) is 0 Å². The van der Waals surface area contributed by atoms with Crippen LogP contribution in [0.3, 0.4) is 0 Å². The number of rotatable bonds is 7. The van der Waals surface area contributed by atoms with Crippen molar-refractivity contribution in [3.63, 3.8) is 0 Å². The van der Waals surface area contributed by atoms with E-state index in [1.54, 1.807) is 0 Å². The van der Waals surface area contributed by atoms with Crippen LogP contribution in [-0.2, 0) is 4.79 Å². The Labute approximate surface area is 87.9 Å². The minimum atomic E-state index is -0.943. The van der Waals surface area contributed by atoms with E-state index >= 15 is 0 Å². The molecule has 0 unspecified atom stereocenters. The molecule has 0 aromatic rings. The molecular formula is C11H25NO2. The van der Waals surface area contributed by atoms with Crippen molar-refractivity contribution in [3.05, 3.63) is 0 Å². The Hall–Kier alpha value is -0.570. The van der Waals surface area contributed by atoms with Crippen molar-refractivity contribution in [2.75, 3.05) is 13.1 Å². The Morgan fingerprint density at radius 1 is 1.07 bits per heavy atom. The number of carbonyl (C=O) groups excluding carboxylic acids is 1. The summed E-state index contributed by atoms with van der Waals surface area (Å²) in [6.07, 6.45) is 4.48. The van der Waals surface area contributed by atoms with E-state index in [0.717, 1.165) is 12.8 Å². The van der Waals surface area contributed by atoms with E-state index in [1.807, 2.05) is 6.92 Å². The molecule has 0 aromatic carbocycles. The Kier molecular flexibility index (Phi) is 16.9. The molecule has 14 heavy (non-hydrogen) atoms. The van der Waals surface area contributed by atoms with Gasteiger partial charge in [0.2, 0.25) is 0 Å². The van der Waals surface area contributed by atoms with E-state index in [0.29, 0.717) is 0 Å². The second kappa shape index (κ2) is 14.9. The molecule has 0 aromatic heterocycles. The molecule has 0 aliphatic carbocycles. The Morgan fingerprint density at radius 2 is 1.57 bits per heavy atom. The summed E-state index contributed by atoms with van der Waals surface area (Å²) in [5.41, 5.74) is 0. The highest BCUT2D eigenvalue weighted by Crippen LogP contribution is 1.89. The van der Waals surface area contributed by atoms with Gasteiger partial charge < -0.3 is 15.2 Å². The molecule has 3 nitrogen and oxygen atoms in total. The molecule has 0 saturated heterocycles. The number of carboxylic acid groups (broad SMARTS) is 1. The van der Waals surface area contributed by atoms with Crippen LogP contribution in [0, 0.1) is 0 Å². The van der Waals surface area contributed by atoms with Crippen molar-refractivity contribution < 1.29 is 15.2 Å². The summed E-state index contributed by atoms with van der Waals surface area (Å²) in [5.74, 6) is -0.943. The first kappa shape index (κ1) is 15.9. The van der Waals surface area contributed by atoms with Gasteiger partial charge in [0.25, 0.3) is 0 Å². The first-order valence-corrected chi connectivity index (χ1v) is 5.70. The standard InChI is InChI=1S/C6H15N.C5H10O2/c1-3-5-7-6-4-2;1-2-3-4-5(6)7/h7H,3-6H2,1-2H3;2-4H2,1H3,(H,6,7). The number of hydrogen-bond acceptors (Lipinski definition) is 2. The largest absolute Gasteiger partial charge is 0.550 e. The van der Waals surface area contributed by atoms with E-state index in [1.165, 1.54) is 25.9 Å². The average Bonchev–Trinajstić information content (AvgIpc) is 2.16. The number of hydrogen-bond donors (Lipinski definition) is 1. The van der Waals surface area contributed by atoms with Crippen molar-refractivity contribution in [2.24, 2.45) is 0 Å². The number of quaternary nitrogens is 1. The molecule has 0 spiro atoms. The molecule has 86 valence electrons. The molecule has 0 radical (unpaired) electrons. The summed E-state index contributed by atoms with van der Waals surface area (Å²) in [5, 5.41) is 12.0. The third-order valence-corrected chi connectivity index (χ3v) is 1.72. The smallest absolute Gasteiger partial charge is 0.0752 e. The van der Waals surface area contributed by atoms with Crippen LogP contribution < -0.4 is 10.4 Å². The summed E-state index contributed by atoms with van der Waals surface area (Å²) in [7, 11) is 0. The Morgan fingerprint density at radius 3 is 1.79 bits per heavy atom. The SMILES string of the molecule is CCCCC(=O)[O-].CCC[NH2+]CCC. The van der Waals surface area contributed by atoms with E-state index in [9.17, 15) is 9.90 Å². The molecule has 3 heteroatoms. The van der Waals surface area contributed by atoms with Crippen LogP contribution in [0.15, 0.2) is 0 Å². The van der Waals surface area contributed by atoms with E-state index in [2.05, 4.69) is 19.2 Å². The third-order valence-electron chi connectivity index (χ3n) is 1.72. The van der Waals surface area contributed by atoms with Crippen LogP contribution >= 0.6 is 0 Å². The highest BCUT2D eigenvalue weighted by Gasteiger charge is 1.81. The van der Waals surface area contributed by atoms with Crippen molar-refractivity contribution in [1.82, 2.24) is 0 Å². The molecule has 0 aliphatic heterocycles. The van der Waals surface area contributed by atoms with Crippen molar-refractivity contribution >= 4 is 5.97 Å². The van der Waals surface area contributed by atoms with Crippen LogP contribution in [0.2, 0.25) is 0 Å². The fourth-order valence-corrected chi connectivity index (χ4v) is 0.874. The number of nitrogens with two attached hydrogens (primary N) is 1. The van der Waals surface area contributed by atoms with E-state index in [4.69, 9.17) is 0 Å². The minimum Gasteiger partial charge on any atom is -0.550 e. The van der Waals surface area contributed by atoms with Gasteiger partial charge in [0.15, 0.2) is 0 Å². The summed E-state index contributed by atoms with van der Waals surface area (Å²) in [4.78, 5) is 9.65. The second-order valence-corrected chi connectivity index (χ2v) is 3.34. The first-order chi connectivity index (χ1) is 6.68. The zero-order chi connectivity index (χ0) is 11.2. The molecular weight excluding hydrogens is 178 g/mol. The quantitative estimate of drug-likeness (QED) is 0.605. The lowest BCUT2D eigenvalue weighted by atomic mass is 10.3. The molecule has 0 rings (SSSR count). The van der Waals surface area contributed by atoms with E-state index < -0.39 is 5.97 Å². The molecule has 0 atom stereocenters. The fraction of sp³-hybridized carbons (Fsp3) is 0.909. The summed E-state index contributed by atoms with van der Waals surface area (Å²) < 4.78 is 0. The Bertz CT molecular complexity index is 112. The van der Waals surface area contributed by atoms with Crippen molar-refractivity contribution in [1.29, 1.82) is 0 Å². The van der Waals surface area contributed by atoms with Crippen molar-refractivity contribution in [3.8, 4) is 0 Å². The molecule has 2 N–H and O–H groups in total. The fourth-order valence-electron chi connectivity index (χ4n) is 0.874. The molecule has 0 amide bonds. The van der Waals surface area contributed by atoms with Crippen molar-refractivity contribution in [2.45, 2.75) is 52.9 Å². The van der Waals surface area contributed by atoms with Crippen LogP contribution in [0.4, 0.5) is 0 Å². The summed E-state index contributed by atoms with van der Waals surface area (Å²) in [6, 6.07) is 0. The average molecular weight is 203 g/mol. The van der Waals surface area contributed by atoms with Gasteiger partial charge in [-0.3, -0.25) is 0 Å². The predicted octanol–water partition coefficient (Wildman–Crippen LogP) is 0.296. The zero-order valence-corrected chi connectivity index (χ0v) is 9.84. The molecule has 0 aliphatic rings. The monoisotopic (exact) mass is 203 g/mol. The number of aliphatic carboxylic acids is 1. The van der Waals surface area contributed by atoms with E-state index in [-0.39, 0.29) is 6.42 Å². The maximum atomic E-state index is 9.65. The van der Waals surface area contributed by atoms with Crippen LogP contribution in [0.5, 0.6) is 0 Å². The van der Waals surface area contributed by atoms with Gasteiger partial charge in [0, 0.05) is 5.97 Å². The maximum Gasteiger partial charge on any atom is 0.0752 e. The van der Waals surface area contributed by atoms with Crippen LogP contribution in [0.25, 0.3) is 0 Å². The zero-order valence-electron chi connectivity index (χ0n) is 9.84. The summed E-state index contributed by atoms with van der Waals surface area (Å²) in [6.45, 7) is 8.98. The number of unbranched alkanes of at least 4 members (excludes halogenated alkanes) is 1. The third kappa shape index (κ3) is 22.5. The second-order valence-electron chi connectivity index (χ2n) is 3.34. The molecule has 0 bridgehead atoms. The number of carboxylic acids is 1. The van der Waals surface area contributed by atoms with Gasteiger partial charge >= 0.3 is 0 Å². The lowest BCUT2D eigenvalue weighted by Gasteiger charge is -1.95. The normalized spacial score (nSPS) is 9.07. The van der Waals surface area contributed by atoms with Gasteiger partial charge in [-0.2, -0.15) is 0 Å². The highest BCUT2D eigenvalue weighted by molar-refractivity contribution is 5.63. The van der Waals surface area contributed by atoms with Gasteiger partial charge in [0.1, 0.15) is 0 Å². The number of carbonyl (C=O) groups is 1. The predicted molar refractivity (Wildman–Crippen MR) is 56.8 cm³/mol. The first-order valence-electron chi connectivity index (χ1n) is 5.70. The van der Waals surface area contributed by atoms with Gasteiger partial charge in [-0.15, -0.1) is 0 Å². The van der Waals surface area contributed by atoms with Gasteiger partial charge in [-0.05, 0) is 25.7 Å². The highest BCUT2D eigenvalue weighted by atomic mass is 16.4. The molecule has 0 heterocycles. The lowest BCUT2D eigenvalue weighted by molar-refractivity contribution is -0.654. The molecule has 0 fully saturated rings. The lowest BCUT2D eigenvalue weighted by Crippen LogP contribution is -2.84. The Balaban J connectivity index is 0. The maximum absolute atomic E-state index is 9.65. The topological polar surface area (TPSA) is 56.7 Å². The summed E-state index contributed by atoms with van der Waals surface area (Å²) >= 11 is 0. The van der Waals surface area contributed by atoms with Crippen LogP contribution in [-0.4, -0.2) is 19.1 Å². The van der Waals surface area contributed by atoms with Gasteiger partial charge in [0.05, 0.1) is 13.1 Å².